The second kappa shape index (κ2) is 11.8. The number of aryl methyl sites for hydroxylation is 1. The van der Waals surface area contributed by atoms with Gasteiger partial charge in [-0.1, -0.05) is 0 Å². The highest BCUT2D eigenvalue weighted by Gasteiger charge is 2.38. The molecule has 0 radical (unpaired) electrons. The van der Waals surface area contributed by atoms with Gasteiger partial charge in [0.2, 0.25) is 17.6 Å². The normalized spacial score (nSPS) is 10.9. The molecular weight excluding hydrogens is 513 g/mol. The number of carboxylic acid groups (broad SMARTS) is 1. The van der Waals surface area contributed by atoms with Gasteiger partial charge >= 0.3 is 17.8 Å². The van der Waals surface area contributed by atoms with E-state index in [4.69, 9.17) is 25.4 Å². The van der Waals surface area contributed by atoms with Gasteiger partial charge in [-0.15, -0.1) is 0 Å². The van der Waals surface area contributed by atoms with Crippen molar-refractivity contribution in [2.75, 3.05) is 24.7 Å². The van der Waals surface area contributed by atoms with Crippen LogP contribution in [0.25, 0.3) is 16.9 Å². The van der Waals surface area contributed by atoms with Crippen LogP contribution in [0.2, 0.25) is 0 Å². The summed E-state index contributed by atoms with van der Waals surface area (Å²) in [5, 5.41) is 21.3. The topological polar surface area (TPSA) is 184 Å². The molecule has 4 aromatic heterocycles. The Morgan fingerprint density at radius 3 is 2.55 bits per heavy atom. The molecule has 4 heterocycles. The number of hydrogen-bond donors (Lipinski definition) is 3. The van der Waals surface area contributed by atoms with E-state index in [1.54, 1.807) is 31.6 Å². The molecule has 0 aromatic carbocycles. The molecule has 0 amide bonds. The maximum absolute atomic E-state index is 10.8. The van der Waals surface area contributed by atoms with Crippen LogP contribution in [0.15, 0.2) is 48.9 Å². The third-order valence-electron chi connectivity index (χ3n) is 4.92. The largest absolute Gasteiger partial charge is 0.490 e. The predicted octanol–water partition coefficient (Wildman–Crippen LogP) is 3.36. The van der Waals surface area contributed by atoms with Crippen molar-refractivity contribution in [2.24, 2.45) is 0 Å². The van der Waals surface area contributed by atoms with Crippen molar-refractivity contribution in [1.82, 2.24) is 24.3 Å². The first-order valence-corrected chi connectivity index (χ1v) is 10.8. The molecule has 0 saturated heterocycles. The maximum Gasteiger partial charge on any atom is 0.490 e. The summed E-state index contributed by atoms with van der Waals surface area (Å²) < 4.78 is 38.7. The number of carbonyl (C=O) groups is 1. The molecular formula is C22H21F3N8O5. The summed E-state index contributed by atoms with van der Waals surface area (Å²) in [5.41, 5.74) is 8.51. The van der Waals surface area contributed by atoms with Crippen LogP contribution in [-0.2, 0) is 11.2 Å². The van der Waals surface area contributed by atoms with Gasteiger partial charge in [0.1, 0.15) is 5.65 Å². The van der Waals surface area contributed by atoms with E-state index in [9.17, 15) is 23.3 Å². The molecule has 0 bridgehead atoms. The molecule has 4 N–H and O–H groups in total. The number of imidazole rings is 1. The van der Waals surface area contributed by atoms with Crippen molar-refractivity contribution in [2.45, 2.75) is 19.0 Å². The number of ether oxygens (including phenoxy) is 1. The molecule has 0 unspecified atom stereocenters. The van der Waals surface area contributed by atoms with E-state index in [2.05, 4.69) is 20.3 Å². The monoisotopic (exact) mass is 534 g/mol. The Morgan fingerprint density at radius 1 is 1.24 bits per heavy atom. The Labute approximate surface area is 212 Å². The number of hydrogen-bond acceptors (Lipinski definition) is 10. The van der Waals surface area contributed by atoms with Crippen LogP contribution in [0.5, 0.6) is 5.88 Å². The Hall–Kier alpha value is -5.02. The van der Waals surface area contributed by atoms with Crippen LogP contribution in [0, 0.1) is 10.1 Å². The Balaban J connectivity index is 0.000000505. The number of pyridine rings is 2. The van der Waals surface area contributed by atoms with Gasteiger partial charge in [0, 0.05) is 54.6 Å². The lowest BCUT2D eigenvalue weighted by atomic mass is 10.2. The molecule has 4 rings (SSSR count). The van der Waals surface area contributed by atoms with Crippen molar-refractivity contribution >= 4 is 29.1 Å². The SMILES string of the molecule is COc1ccc(-c2cc3nccn3c(NCCCc3ccc([N+](=O)[O-])c(N)n3)n2)cn1.O=C(O)C(F)(F)F. The molecule has 0 spiro atoms. The van der Waals surface area contributed by atoms with Gasteiger partial charge in [-0.05, 0) is 25.0 Å². The first-order valence-electron chi connectivity index (χ1n) is 10.8. The van der Waals surface area contributed by atoms with E-state index in [0.717, 1.165) is 23.3 Å². The Morgan fingerprint density at radius 2 is 1.97 bits per heavy atom. The number of aromatic nitrogens is 5. The van der Waals surface area contributed by atoms with E-state index in [1.807, 2.05) is 22.7 Å². The average molecular weight is 534 g/mol. The molecule has 4 aromatic rings. The quantitative estimate of drug-likeness (QED) is 0.171. The summed E-state index contributed by atoms with van der Waals surface area (Å²) in [6.45, 7) is 0.614. The highest BCUT2D eigenvalue weighted by Crippen LogP contribution is 2.23. The van der Waals surface area contributed by atoms with Crippen molar-refractivity contribution in [3.8, 4) is 17.1 Å². The van der Waals surface area contributed by atoms with Crippen LogP contribution in [0.4, 0.5) is 30.6 Å². The third-order valence-corrected chi connectivity index (χ3v) is 4.92. The van der Waals surface area contributed by atoms with Crippen LogP contribution in [-0.4, -0.2) is 60.2 Å². The molecule has 0 aliphatic heterocycles. The van der Waals surface area contributed by atoms with Crippen molar-refractivity contribution in [3.63, 3.8) is 0 Å². The van der Waals surface area contributed by atoms with Crippen molar-refractivity contribution < 1.29 is 32.7 Å². The van der Waals surface area contributed by atoms with E-state index >= 15 is 0 Å². The number of halogens is 3. The van der Waals surface area contributed by atoms with Gasteiger partial charge in [-0.25, -0.2) is 24.7 Å². The summed E-state index contributed by atoms with van der Waals surface area (Å²) in [5.74, 6) is -1.65. The van der Waals surface area contributed by atoms with E-state index in [0.29, 0.717) is 30.5 Å². The van der Waals surface area contributed by atoms with Gasteiger partial charge in [0.25, 0.3) is 0 Å². The number of nitrogen functional groups attached to an aromatic ring is 1. The minimum Gasteiger partial charge on any atom is -0.481 e. The maximum atomic E-state index is 10.8. The van der Waals surface area contributed by atoms with Gasteiger partial charge in [0.05, 0.1) is 17.7 Å². The fourth-order valence-electron chi connectivity index (χ4n) is 3.12. The van der Waals surface area contributed by atoms with Crippen LogP contribution in [0.3, 0.4) is 0 Å². The molecule has 200 valence electrons. The first-order chi connectivity index (χ1) is 18.0. The number of methoxy groups -OCH3 is 1. The lowest BCUT2D eigenvalue weighted by Crippen LogP contribution is -2.21. The zero-order chi connectivity index (χ0) is 27.9. The summed E-state index contributed by atoms with van der Waals surface area (Å²) in [7, 11) is 1.57. The lowest BCUT2D eigenvalue weighted by molar-refractivity contribution is -0.384. The number of nitro groups is 1. The van der Waals surface area contributed by atoms with E-state index in [-0.39, 0.29) is 11.5 Å². The first kappa shape index (κ1) is 27.6. The number of carboxylic acids is 1. The van der Waals surface area contributed by atoms with Crippen LogP contribution < -0.4 is 15.8 Å². The number of anilines is 2. The average Bonchev–Trinajstić information content (AvgIpc) is 3.35. The molecule has 0 atom stereocenters. The summed E-state index contributed by atoms with van der Waals surface area (Å²) in [6, 6.07) is 8.56. The lowest BCUT2D eigenvalue weighted by Gasteiger charge is -2.11. The number of nitrogens with two attached hydrogens (primary N) is 1. The molecule has 0 fully saturated rings. The highest BCUT2D eigenvalue weighted by atomic mass is 19.4. The minimum absolute atomic E-state index is 0.0712. The Kier molecular flexibility index (Phi) is 8.57. The number of nitrogens with zero attached hydrogens (tertiary/aromatic N) is 6. The number of aliphatic carboxylic acids is 1. The number of rotatable bonds is 8. The smallest absolute Gasteiger partial charge is 0.481 e. The standard InChI is InChI=1S/C20H20N8O3.C2HF3O2/c1-31-18-7-4-13(12-24-18)15-11-17-22-9-10-27(17)20(26-15)23-8-2-3-14-5-6-16(28(29)30)19(21)25-14;3-2(4,5)1(6)7/h4-7,9-12H,2-3,8H2,1H3,(H2,21,25)(H,23,26);(H,6,7). The summed E-state index contributed by atoms with van der Waals surface area (Å²) >= 11 is 0. The predicted molar refractivity (Wildman–Crippen MR) is 129 cm³/mol. The molecule has 0 saturated carbocycles. The molecule has 0 aliphatic rings. The van der Waals surface area contributed by atoms with Crippen LogP contribution in [0.1, 0.15) is 12.1 Å². The van der Waals surface area contributed by atoms with Crippen molar-refractivity contribution in [3.05, 3.63) is 64.7 Å². The second-order valence-electron chi connectivity index (χ2n) is 7.51. The van der Waals surface area contributed by atoms with Gasteiger partial charge in [-0.2, -0.15) is 13.2 Å². The molecule has 13 nitrogen and oxygen atoms in total. The van der Waals surface area contributed by atoms with Gasteiger partial charge in [-0.3, -0.25) is 14.5 Å². The fraction of sp³-hybridized carbons (Fsp3) is 0.227. The zero-order valence-corrected chi connectivity index (χ0v) is 19.7. The molecule has 0 aliphatic carbocycles. The second-order valence-corrected chi connectivity index (χ2v) is 7.51. The summed E-state index contributed by atoms with van der Waals surface area (Å²) in [4.78, 5) is 36.6. The number of nitrogens with one attached hydrogen (secondary N) is 1. The van der Waals surface area contributed by atoms with Gasteiger partial charge in [0.15, 0.2) is 0 Å². The zero-order valence-electron chi connectivity index (χ0n) is 19.7. The van der Waals surface area contributed by atoms with Crippen molar-refractivity contribution in [1.29, 1.82) is 0 Å². The number of fused-ring (bicyclic) bond motifs is 1. The van der Waals surface area contributed by atoms with E-state index < -0.39 is 17.1 Å². The summed E-state index contributed by atoms with van der Waals surface area (Å²) in [6.07, 6.45) is 1.51. The fourth-order valence-corrected chi connectivity index (χ4v) is 3.12. The highest BCUT2D eigenvalue weighted by molar-refractivity contribution is 5.73. The van der Waals surface area contributed by atoms with E-state index in [1.165, 1.54) is 6.07 Å². The van der Waals surface area contributed by atoms with Gasteiger partial charge < -0.3 is 20.9 Å². The third kappa shape index (κ3) is 7.02. The Bertz CT molecular complexity index is 1430. The molecule has 38 heavy (non-hydrogen) atoms. The minimum atomic E-state index is -5.08. The number of alkyl halides is 3. The molecule has 16 heteroatoms. The van der Waals surface area contributed by atoms with Crippen LogP contribution >= 0.6 is 0 Å².